The Morgan fingerprint density at radius 3 is 2.78 bits per heavy atom. The third-order valence-electron chi connectivity index (χ3n) is 1.99. The zero-order valence-corrected chi connectivity index (χ0v) is 11.9. The summed E-state index contributed by atoms with van der Waals surface area (Å²) in [5.74, 6) is -0.435. The number of sulfone groups is 1. The zero-order valence-electron chi connectivity index (χ0n) is 10.2. The Labute approximate surface area is 110 Å². The second-order valence-corrected chi connectivity index (χ2v) is 6.98. The van der Waals surface area contributed by atoms with Gasteiger partial charge in [-0.3, -0.25) is 0 Å². The first-order valence-corrected chi connectivity index (χ1v) is 8.19. The molecule has 0 aromatic carbocycles. The molecule has 0 aliphatic rings. The highest BCUT2D eigenvalue weighted by Crippen LogP contribution is 2.29. The lowest BCUT2D eigenvalue weighted by Crippen LogP contribution is -2.13. The largest absolute Gasteiger partial charge is 0.462 e. The summed E-state index contributed by atoms with van der Waals surface area (Å²) in [4.78, 5) is 11.8. The Morgan fingerprint density at radius 1 is 1.56 bits per heavy atom. The first kappa shape index (κ1) is 14.8. The van der Waals surface area contributed by atoms with Crippen LogP contribution < -0.4 is 11.1 Å². The summed E-state index contributed by atoms with van der Waals surface area (Å²) < 4.78 is 26.8. The molecule has 0 saturated carbocycles. The second kappa shape index (κ2) is 6.05. The van der Waals surface area contributed by atoms with E-state index in [0.717, 1.165) is 11.3 Å². The van der Waals surface area contributed by atoms with Crippen LogP contribution in [0, 0.1) is 0 Å². The van der Waals surface area contributed by atoms with Crippen molar-refractivity contribution in [3.8, 4) is 0 Å². The van der Waals surface area contributed by atoms with Crippen LogP contribution in [0.15, 0.2) is 6.07 Å². The van der Waals surface area contributed by atoms with Crippen LogP contribution >= 0.6 is 11.3 Å². The van der Waals surface area contributed by atoms with Gasteiger partial charge in [-0.25, -0.2) is 13.2 Å². The van der Waals surface area contributed by atoms with E-state index in [1.165, 1.54) is 6.26 Å². The minimum atomic E-state index is -3.00. The molecule has 0 bridgehead atoms. The number of anilines is 2. The van der Waals surface area contributed by atoms with E-state index in [1.807, 2.05) is 0 Å². The van der Waals surface area contributed by atoms with Crippen molar-refractivity contribution in [1.29, 1.82) is 0 Å². The summed E-state index contributed by atoms with van der Waals surface area (Å²) in [6, 6.07) is 1.60. The molecule has 1 heterocycles. The Hall–Kier alpha value is -1.28. The first-order valence-electron chi connectivity index (χ1n) is 5.31. The van der Waals surface area contributed by atoms with Gasteiger partial charge in [0.05, 0.1) is 23.0 Å². The first-order chi connectivity index (χ1) is 8.33. The lowest BCUT2D eigenvalue weighted by molar-refractivity contribution is 0.0533. The summed E-state index contributed by atoms with van der Waals surface area (Å²) in [7, 11) is -3.00. The van der Waals surface area contributed by atoms with Crippen molar-refractivity contribution in [3.05, 3.63) is 10.9 Å². The van der Waals surface area contributed by atoms with Gasteiger partial charge < -0.3 is 15.8 Å². The van der Waals surface area contributed by atoms with Crippen molar-refractivity contribution < 1.29 is 17.9 Å². The van der Waals surface area contributed by atoms with E-state index in [-0.39, 0.29) is 18.9 Å². The molecule has 0 spiro atoms. The third-order valence-corrected chi connectivity index (χ3v) is 4.03. The Kier molecular flexibility index (Phi) is 4.97. The second-order valence-electron chi connectivity index (χ2n) is 3.67. The van der Waals surface area contributed by atoms with Gasteiger partial charge in [-0.1, -0.05) is 0 Å². The van der Waals surface area contributed by atoms with Crippen molar-refractivity contribution in [3.63, 3.8) is 0 Å². The molecule has 0 saturated heterocycles. The van der Waals surface area contributed by atoms with E-state index in [1.54, 1.807) is 13.0 Å². The van der Waals surface area contributed by atoms with E-state index in [9.17, 15) is 13.2 Å². The van der Waals surface area contributed by atoms with Gasteiger partial charge in [0.25, 0.3) is 0 Å². The van der Waals surface area contributed by atoms with E-state index in [2.05, 4.69) is 5.32 Å². The van der Waals surface area contributed by atoms with E-state index >= 15 is 0 Å². The highest BCUT2D eigenvalue weighted by atomic mass is 32.2. The number of ether oxygens (including phenoxy) is 1. The van der Waals surface area contributed by atoms with Gasteiger partial charge in [-0.05, 0) is 13.0 Å². The molecule has 0 aliphatic carbocycles. The van der Waals surface area contributed by atoms with E-state index < -0.39 is 15.8 Å². The molecule has 6 nitrogen and oxygen atoms in total. The van der Waals surface area contributed by atoms with Gasteiger partial charge in [0.2, 0.25) is 0 Å². The average molecular weight is 292 g/mol. The lowest BCUT2D eigenvalue weighted by atomic mass is 10.4. The number of nitrogen functional groups attached to an aromatic ring is 1. The Bertz CT molecular complexity index is 522. The van der Waals surface area contributed by atoms with Crippen LogP contribution in [0.2, 0.25) is 0 Å². The van der Waals surface area contributed by atoms with Crippen LogP contribution in [0.5, 0.6) is 0 Å². The number of esters is 1. The highest BCUT2D eigenvalue weighted by Gasteiger charge is 2.15. The monoisotopic (exact) mass is 292 g/mol. The summed E-state index contributed by atoms with van der Waals surface area (Å²) in [5.41, 5.74) is 6.02. The van der Waals surface area contributed by atoms with Gasteiger partial charge in [0.1, 0.15) is 14.7 Å². The predicted molar refractivity (Wildman–Crippen MR) is 72.9 cm³/mol. The Balaban J connectivity index is 2.64. The average Bonchev–Trinajstić information content (AvgIpc) is 2.58. The summed E-state index contributed by atoms with van der Waals surface area (Å²) in [6.07, 6.45) is 1.17. The summed E-state index contributed by atoms with van der Waals surface area (Å²) in [5, 5.41) is 3.56. The maximum atomic E-state index is 11.5. The van der Waals surface area contributed by atoms with Crippen LogP contribution in [0.4, 0.5) is 10.7 Å². The molecule has 0 atom stereocenters. The Morgan fingerprint density at radius 2 is 2.22 bits per heavy atom. The quantitative estimate of drug-likeness (QED) is 0.758. The molecule has 1 aromatic rings. The number of hydrogen-bond donors (Lipinski definition) is 2. The standard InChI is InChI=1S/C10H16N2O4S2/c1-3-16-10(13)9-7(11)6-8(17-9)12-4-5-18(2,14)15/h6,12H,3-5,11H2,1-2H3. The summed E-state index contributed by atoms with van der Waals surface area (Å²) >= 11 is 1.15. The van der Waals surface area contributed by atoms with Gasteiger partial charge in [0, 0.05) is 12.8 Å². The fourth-order valence-corrected chi connectivity index (χ4v) is 2.58. The molecule has 0 amide bonds. The van der Waals surface area contributed by atoms with E-state index in [0.29, 0.717) is 15.6 Å². The molecule has 8 heteroatoms. The number of nitrogens with one attached hydrogen (secondary N) is 1. The van der Waals surface area contributed by atoms with Crippen molar-refractivity contribution in [2.75, 3.05) is 36.2 Å². The molecule has 18 heavy (non-hydrogen) atoms. The summed E-state index contributed by atoms with van der Waals surface area (Å²) in [6.45, 7) is 2.28. The number of carbonyl (C=O) groups is 1. The van der Waals surface area contributed by atoms with Crippen molar-refractivity contribution >= 4 is 37.8 Å². The molecule has 1 rings (SSSR count). The minimum absolute atomic E-state index is 0.0273. The van der Waals surface area contributed by atoms with Crippen molar-refractivity contribution in [1.82, 2.24) is 0 Å². The number of carbonyl (C=O) groups excluding carboxylic acids is 1. The topological polar surface area (TPSA) is 98.5 Å². The van der Waals surface area contributed by atoms with E-state index in [4.69, 9.17) is 10.5 Å². The molecular formula is C10H16N2O4S2. The predicted octanol–water partition coefficient (Wildman–Crippen LogP) is 0.964. The molecule has 102 valence electrons. The SMILES string of the molecule is CCOC(=O)c1sc(NCCS(C)(=O)=O)cc1N. The normalized spacial score (nSPS) is 11.2. The fraction of sp³-hybridized carbons (Fsp3) is 0.500. The van der Waals surface area contributed by atoms with Gasteiger partial charge >= 0.3 is 5.97 Å². The van der Waals surface area contributed by atoms with Gasteiger partial charge in [0.15, 0.2) is 0 Å². The maximum absolute atomic E-state index is 11.5. The lowest BCUT2D eigenvalue weighted by Gasteiger charge is -2.01. The van der Waals surface area contributed by atoms with Crippen molar-refractivity contribution in [2.45, 2.75) is 6.92 Å². The number of thiophene rings is 1. The molecule has 3 N–H and O–H groups in total. The minimum Gasteiger partial charge on any atom is -0.462 e. The maximum Gasteiger partial charge on any atom is 0.350 e. The fourth-order valence-electron chi connectivity index (χ4n) is 1.21. The van der Waals surface area contributed by atoms with Crippen molar-refractivity contribution in [2.24, 2.45) is 0 Å². The molecule has 0 radical (unpaired) electrons. The number of rotatable bonds is 6. The smallest absolute Gasteiger partial charge is 0.350 e. The van der Waals surface area contributed by atoms with Crippen LogP contribution in [-0.2, 0) is 14.6 Å². The number of nitrogens with two attached hydrogens (primary N) is 1. The molecule has 0 aliphatic heterocycles. The zero-order chi connectivity index (χ0) is 13.8. The molecule has 0 fully saturated rings. The molecular weight excluding hydrogens is 276 g/mol. The van der Waals surface area contributed by atoms with Crippen LogP contribution in [0.3, 0.4) is 0 Å². The van der Waals surface area contributed by atoms with Crippen LogP contribution in [0.1, 0.15) is 16.6 Å². The molecule has 0 unspecified atom stereocenters. The highest BCUT2D eigenvalue weighted by molar-refractivity contribution is 7.90. The van der Waals surface area contributed by atoms with Gasteiger partial charge in [-0.2, -0.15) is 0 Å². The molecule has 1 aromatic heterocycles. The van der Waals surface area contributed by atoms with Crippen LogP contribution in [-0.4, -0.2) is 39.5 Å². The van der Waals surface area contributed by atoms with Crippen LogP contribution in [0.25, 0.3) is 0 Å². The van der Waals surface area contributed by atoms with Gasteiger partial charge in [-0.15, -0.1) is 11.3 Å². The third kappa shape index (κ3) is 4.53. The number of hydrogen-bond acceptors (Lipinski definition) is 7.